The molecule has 0 N–H and O–H groups in total. The predicted molar refractivity (Wildman–Crippen MR) is 97.7 cm³/mol. The van der Waals surface area contributed by atoms with Crippen molar-refractivity contribution in [3.05, 3.63) is 58.7 Å². The summed E-state index contributed by atoms with van der Waals surface area (Å²) in [5.74, 6) is -2.76. The molecule has 0 radical (unpaired) electrons. The molecular weight excluding hydrogens is 414 g/mol. The van der Waals surface area contributed by atoms with Gasteiger partial charge in [-0.15, -0.1) is 0 Å². The van der Waals surface area contributed by atoms with Crippen LogP contribution in [0.15, 0.2) is 36.4 Å². The molecule has 3 nitrogen and oxygen atoms in total. The van der Waals surface area contributed by atoms with E-state index in [4.69, 9.17) is 0 Å². The Morgan fingerprint density at radius 3 is 1.30 bits per heavy atom. The summed E-state index contributed by atoms with van der Waals surface area (Å²) in [5.41, 5.74) is -2.59. The lowest BCUT2D eigenvalue weighted by Crippen LogP contribution is -2.21. The summed E-state index contributed by atoms with van der Waals surface area (Å²) < 4.78 is 90.5. The number of alkyl halides is 6. The van der Waals surface area contributed by atoms with Crippen LogP contribution >= 0.6 is 0 Å². The molecule has 0 amide bonds. The molecule has 0 unspecified atom stereocenters. The van der Waals surface area contributed by atoms with Crippen LogP contribution in [0.3, 0.4) is 0 Å². The van der Waals surface area contributed by atoms with Crippen LogP contribution in [0.5, 0.6) is 11.5 Å². The van der Waals surface area contributed by atoms with Crippen molar-refractivity contribution in [2.24, 2.45) is 0 Å². The Hall–Kier alpha value is -2.71. The Kier molecular flexibility index (Phi) is 6.73. The van der Waals surface area contributed by atoms with Crippen LogP contribution < -0.4 is 9.47 Å². The highest BCUT2D eigenvalue weighted by atomic mass is 19.4. The fourth-order valence-corrected chi connectivity index (χ4v) is 3.04. The van der Waals surface area contributed by atoms with Gasteiger partial charge in [-0.2, -0.15) is 26.3 Å². The zero-order valence-corrected chi connectivity index (χ0v) is 16.6. The second-order valence-corrected chi connectivity index (χ2v) is 7.20. The van der Waals surface area contributed by atoms with Gasteiger partial charge in [0.05, 0.1) is 0 Å². The van der Waals surface area contributed by atoms with E-state index in [1.165, 1.54) is 52.0 Å². The second kappa shape index (κ2) is 8.57. The van der Waals surface area contributed by atoms with Gasteiger partial charge in [0.1, 0.15) is 22.6 Å². The summed E-state index contributed by atoms with van der Waals surface area (Å²) in [4.78, 5) is 12.1. The Balaban J connectivity index is 2.43. The van der Waals surface area contributed by atoms with E-state index in [-0.39, 0.29) is 11.1 Å². The Morgan fingerprint density at radius 2 is 1.03 bits per heavy atom. The van der Waals surface area contributed by atoms with Gasteiger partial charge in [-0.3, -0.25) is 0 Å². The molecule has 0 atom stereocenters. The fourth-order valence-electron chi connectivity index (χ4n) is 3.04. The first kappa shape index (κ1) is 23.6. The normalized spacial score (nSPS) is 12.4. The maximum absolute atomic E-state index is 13.5. The van der Waals surface area contributed by atoms with E-state index in [0.29, 0.717) is 0 Å². The smallest absolute Gasteiger partial charge is 0.394 e. The van der Waals surface area contributed by atoms with Crippen molar-refractivity contribution in [3.63, 3.8) is 0 Å². The molecule has 0 fully saturated rings. The Labute approximate surface area is 169 Å². The SMILES string of the molecule is CC(C)c1cccc(OC(=O)Oc2cccc(C(C)C)c2C(F)(F)F)c1C(F)(F)F. The topological polar surface area (TPSA) is 35.5 Å². The van der Waals surface area contributed by atoms with Crippen molar-refractivity contribution >= 4 is 6.16 Å². The third-order valence-electron chi connectivity index (χ3n) is 4.31. The van der Waals surface area contributed by atoms with Gasteiger partial charge < -0.3 is 9.47 Å². The lowest BCUT2D eigenvalue weighted by molar-refractivity contribution is -0.139. The number of halogens is 6. The predicted octanol–water partition coefficient (Wildman–Crippen LogP) is 7.55. The number of hydrogen-bond donors (Lipinski definition) is 0. The first-order valence-electron chi connectivity index (χ1n) is 9.03. The first-order chi connectivity index (χ1) is 13.7. The molecule has 0 heterocycles. The van der Waals surface area contributed by atoms with Gasteiger partial charge in [-0.1, -0.05) is 52.0 Å². The van der Waals surface area contributed by atoms with Crippen molar-refractivity contribution in [2.45, 2.75) is 51.9 Å². The molecule has 9 heteroatoms. The number of ether oxygens (including phenoxy) is 2. The van der Waals surface area contributed by atoms with E-state index in [9.17, 15) is 31.1 Å². The van der Waals surface area contributed by atoms with Gasteiger partial charge in [0.25, 0.3) is 0 Å². The molecule has 0 aliphatic rings. The summed E-state index contributed by atoms with van der Waals surface area (Å²) in [6.45, 7) is 6.11. The molecule has 30 heavy (non-hydrogen) atoms. The highest BCUT2D eigenvalue weighted by Gasteiger charge is 2.40. The van der Waals surface area contributed by atoms with Crippen LogP contribution in [0.1, 0.15) is 61.8 Å². The molecular formula is C21H20F6O3. The lowest BCUT2D eigenvalue weighted by atomic mass is 9.96. The molecule has 0 bridgehead atoms. The van der Waals surface area contributed by atoms with Crippen molar-refractivity contribution in [3.8, 4) is 11.5 Å². The standard InChI is InChI=1S/C21H20F6O3/c1-11(2)13-7-5-9-15(17(13)20(22,23)24)29-19(28)30-16-10-6-8-14(12(3)4)18(16)21(25,26)27/h5-12H,1-4H3. The third-order valence-corrected chi connectivity index (χ3v) is 4.31. The van der Waals surface area contributed by atoms with E-state index in [1.54, 1.807) is 0 Å². The minimum atomic E-state index is -4.84. The van der Waals surface area contributed by atoms with Gasteiger partial charge in [-0.25, -0.2) is 4.79 Å². The van der Waals surface area contributed by atoms with E-state index < -0.39 is 53.0 Å². The van der Waals surface area contributed by atoms with Gasteiger partial charge in [0.2, 0.25) is 0 Å². The number of carbonyl (C=O) groups excluding carboxylic acids is 1. The first-order valence-corrected chi connectivity index (χ1v) is 9.03. The van der Waals surface area contributed by atoms with Crippen LogP contribution in [0.4, 0.5) is 31.1 Å². The van der Waals surface area contributed by atoms with Crippen LogP contribution in [0.2, 0.25) is 0 Å². The molecule has 0 aliphatic heterocycles. The average Bonchev–Trinajstić information content (AvgIpc) is 2.59. The average molecular weight is 434 g/mol. The van der Waals surface area contributed by atoms with E-state index in [0.717, 1.165) is 12.1 Å². The number of rotatable bonds is 4. The number of hydrogen-bond acceptors (Lipinski definition) is 3. The van der Waals surface area contributed by atoms with Crippen LogP contribution in [-0.4, -0.2) is 6.16 Å². The number of benzene rings is 2. The lowest BCUT2D eigenvalue weighted by Gasteiger charge is -2.20. The molecule has 0 aromatic heterocycles. The zero-order chi connectivity index (χ0) is 22.9. The summed E-state index contributed by atoms with van der Waals surface area (Å²) in [6, 6.07) is 6.80. The molecule has 2 rings (SSSR count). The molecule has 2 aromatic rings. The minimum absolute atomic E-state index is 0.120. The van der Waals surface area contributed by atoms with Gasteiger partial charge in [-0.05, 0) is 35.1 Å². The van der Waals surface area contributed by atoms with E-state index in [2.05, 4.69) is 9.47 Å². The van der Waals surface area contributed by atoms with Crippen molar-refractivity contribution in [1.82, 2.24) is 0 Å². The van der Waals surface area contributed by atoms with Gasteiger partial charge in [0, 0.05) is 0 Å². The fraction of sp³-hybridized carbons (Fsp3) is 0.381. The van der Waals surface area contributed by atoms with Crippen molar-refractivity contribution in [1.29, 1.82) is 0 Å². The van der Waals surface area contributed by atoms with Crippen molar-refractivity contribution in [2.75, 3.05) is 0 Å². The summed E-state index contributed by atoms with van der Waals surface area (Å²) >= 11 is 0. The molecule has 0 spiro atoms. The molecule has 0 saturated carbocycles. The Morgan fingerprint density at radius 1 is 0.700 bits per heavy atom. The van der Waals surface area contributed by atoms with Gasteiger partial charge in [0.15, 0.2) is 0 Å². The summed E-state index contributed by atoms with van der Waals surface area (Å²) in [7, 11) is 0. The van der Waals surface area contributed by atoms with Crippen LogP contribution in [0, 0.1) is 0 Å². The van der Waals surface area contributed by atoms with Crippen molar-refractivity contribution < 1.29 is 40.6 Å². The highest BCUT2D eigenvalue weighted by molar-refractivity contribution is 5.69. The summed E-state index contributed by atoms with van der Waals surface area (Å²) in [5, 5.41) is 0. The van der Waals surface area contributed by atoms with Crippen LogP contribution in [0.25, 0.3) is 0 Å². The quantitative estimate of drug-likeness (QED) is 0.283. The maximum atomic E-state index is 13.5. The highest BCUT2D eigenvalue weighted by Crippen LogP contribution is 2.43. The molecule has 2 aromatic carbocycles. The molecule has 0 saturated heterocycles. The van der Waals surface area contributed by atoms with Gasteiger partial charge >= 0.3 is 18.5 Å². The minimum Gasteiger partial charge on any atom is -0.394 e. The summed E-state index contributed by atoms with van der Waals surface area (Å²) in [6.07, 6.45) is -11.4. The van der Waals surface area contributed by atoms with E-state index in [1.807, 2.05) is 0 Å². The maximum Gasteiger partial charge on any atom is 0.519 e. The molecule has 0 aliphatic carbocycles. The molecule has 164 valence electrons. The number of carbonyl (C=O) groups is 1. The monoisotopic (exact) mass is 434 g/mol. The Bertz CT molecular complexity index is 840. The second-order valence-electron chi connectivity index (χ2n) is 7.20. The largest absolute Gasteiger partial charge is 0.519 e. The van der Waals surface area contributed by atoms with E-state index >= 15 is 0 Å². The zero-order valence-electron chi connectivity index (χ0n) is 16.6. The third kappa shape index (κ3) is 5.25. The van der Waals surface area contributed by atoms with Crippen LogP contribution in [-0.2, 0) is 12.4 Å².